The molecule has 0 aliphatic heterocycles. The van der Waals surface area contributed by atoms with Crippen molar-refractivity contribution in [2.75, 3.05) is 40.9 Å². The monoisotopic (exact) mass is 688 g/mol. The fraction of sp³-hybridized carbons (Fsp3) is 0.868. The number of amides is 1. The van der Waals surface area contributed by atoms with Crippen LogP contribution >= 0.6 is 7.82 Å². The van der Waals surface area contributed by atoms with Crippen LogP contribution in [-0.4, -0.2) is 73.4 Å². The quantitative estimate of drug-likeness (QED) is 0.0269. The van der Waals surface area contributed by atoms with Crippen LogP contribution in [0.4, 0.5) is 0 Å². The molecule has 0 fully saturated rings. The lowest BCUT2D eigenvalue weighted by Gasteiger charge is -2.25. The second-order valence-corrected chi connectivity index (χ2v) is 15.8. The third kappa shape index (κ3) is 33.3. The van der Waals surface area contributed by atoms with Crippen LogP contribution in [0.5, 0.6) is 0 Å². The molecule has 1 amide bonds. The minimum absolute atomic E-state index is 0.0567. The Kier molecular flexibility index (Phi) is 30.3. The van der Waals surface area contributed by atoms with Gasteiger partial charge in [-0.2, -0.15) is 0 Å². The van der Waals surface area contributed by atoms with Gasteiger partial charge in [-0.1, -0.05) is 147 Å². The molecule has 8 nitrogen and oxygen atoms in total. The van der Waals surface area contributed by atoms with Crippen molar-refractivity contribution in [3.05, 3.63) is 24.3 Å². The van der Waals surface area contributed by atoms with Crippen molar-refractivity contribution in [2.24, 2.45) is 0 Å². The molecular weight excluding hydrogens is 611 g/mol. The Morgan fingerprint density at radius 1 is 0.702 bits per heavy atom. The van der Waals surface area contributed by atoms with Gasteiger partial charge in [0.1, 0.15) is 13.2 Å². The summed E-state index contributed by atoms with van der Waals surface area (Å²) in [5.74, 6) is -0.206. The van der Waals surface area contributed by atoms with E-state index in [0.29, 0.717) is 17.4 Å². The standard InChI is InChI=1S/C38H75N2O6P/c1-6-8-10-12-13-14-15-16-17-18-19-20-21-22-23-24-25-26-27-28-29-31-37(41)36(39-38(42)32-30-11-9-7-2)35-46-47(43,44)45-34-33-40(3,4)5/h25-26,29,31,36-37,41H,6-24,27-28,30,32-35H2,1-5H3,(H-,39,42,43,44)/p+1/b26-25+,31-29+. The number of likely N-dealkylation sites (N-methyl/N-ethyl adjacent to an activating group) is 1. The average Bonchev–Trinajstić information content (AvgIpc) is 3.01. The summed E-state index contributed by atoms with van der Waals surface area (Å²) < 4.78 is 23.3. The largest absolute Gasteiger partial charge is 0.472 e. The lowest BCUT2D eigenvalue weighted by molar-refractivity contribution is -0.870. The first kappa shape index (κ1) is 46.0. The van der Waals surface area contributed by atoms with E-state index in [4.69, 9.17) is 9.05 Å². The highest BCUT2D eigenvalue weighted by Crippen LogP contribution is 2.43. The summed E-state index contributed by atoms with van der Waals surface area (Å²) in [6, 6.07) is -0.854. The molecule has 3 N–H and O–H groups in total. The van der Waals surface area contributed by atoms with Crippen LogP contribution in [0.25, 0.3) is 0 Å². The Morgan fingerprint density at radius 2 is 1.17 bits per heavy atom. The van der Waals surface area contributed by atoms with E-state index in [0.717, 1.165) is 44.9 Å². The van der Waals surface area contributed by atoms with Gasteiger partial charge in [0.05, 0.1) is 39.9 Å². The summed E-state index contributed by atoms with van der Waals surface area (Å²) in [7, 11) is 1.55. The van der Waals surface area contributed by atoms with E-state index in [-0.39, 0.29) is 19.1 Å². The Balaban J connectivity index is 4.25. The lowest BCUT2D eigenvalue weighted by Crippen LogP contribution is -2.45. The molecule has 0 bridgehead atoms. The number of aliphatic hydroxyl groups is 1. The summed E-state index contributed by atoms with van der Waals surface area (Å²) in [5.41, 5.74) is 0. The molecule has 9 heteroatoms. The predicted octanol–water partition coefficient (Wildman–Crippen LogP) is 9.80. The van der Waals surface area contributed by atoms with Crippen LogP contribution in [-0.2, 0) is 18.4 Å². The number of hydrogen-bond donors (Lipinski definition) is 3. The number of allylic oxidation sites excluding steroid dienone is 3. The zero-order valence-corrected chi connectivity index (χ0v) is 32.2. The van der Waals surface area contributed by atoms with Crippen LogP contribution in [0.2, 0.25) is 0 Å². The van der Waals surface area contributed by atoms with Crippen molar-refractivity contribution < 1.29 is 32.9 Å². The average molecular weight is 688 g/mol. The van der Waals surface area contributed by atoms with E-state index in [2.05, 4.69) is 31.3 Å². The second-order valence-electron chi connectivity index (χ2n) is 14.3. The van der Waals surface area contributed by atoms with Gasteiger partial charge in [-0.25, -0.2) is 4.57 Å². The number of aliphatic hydroxyl groups excluding tert-OH is 1. The number of rotatable bonds is 34. The molecule has 0 saturated carbocycles. The molecule has 0 aromatic carbocycles. The van der Waals surface area contributed by atoms with Crippen LogP contribution in [0.15, 0.2) is 24.3 Å². The van der Waals surface area contributed by atoms with Gasteiger partial charge in [0, 0.05) is 6.42 Å². The molecule has 47 heavy (non-hydrogen) atoms. The van der Waals surface area contributed by atoms with Crippen LogP contribution in [0, 0.1) is 0 Å². The third-order valence-corrected chi connectivity index (χ3v) is 9.41. The molecular formula is C38H76N2O6P+. The van der Waals surface area contributed by atoms with E-state index in [1.54, 1.807) is 6.08 Å². The van der Waals surface area contributed by atoms with Crippen molar-refractivity contribution in [1.29, 1.82) is 0 Å². The first-order chi connectivity index (χ1) is 22.5. The third-order valence-electron chi connectivity index (χ3n) is 8.42. The summed E-state index contributed by atoms with van der Waals surface area (Å²) in [4.78, 5) is 22.6. The van der Waals surface area contributed by atoms with E-state index in [9.17, 15) is 19.4 Å². The molecule has 278 valence electrons. The number of quaternary nitrogens is 1. The molecule has 0 aromatic heterocycles. The van der Waals surface area contributed by atoms with Crippen molar-refractivity contribution in [1.82, 2.24) is 5.32 Å². The highest BCUT2D eigenvalue weighted by atomic mass is 31.2. The Bertz CT molecular complexity index is 829. The van der Waals surface area contributed by atoms with E-state index in [1.807, 2.05) is 27.2 Å². The molecule has 0 aromatic rings. The van der Waals surface area contributed by atoms with Crippen molar-refractivity contribution >= 4 is 13.7 Å². The van der Waals surface area contributed by atoms with Crippen molar-refractivity contribution in [3.63, 3.8) is 0 Å². The van der Waals surface area contributed by atoms with Gasteiger partial charge in [0.15, 0.2) is 0 Å². The maximum Gasteiger partial charge on any atom is 0.472 e. The molecule has 0 spiro atoms. The first-order valence-electron chi connectivity index (χ1n) is 19.2. The molecule has 0 aliphatic carbocycles. The van der Waals surface area contributed by atoms with Gasteiger partial charge in [-0.3, -0.25) is 13.8 Å². The van der Waals surface area contributed by atoms with Crippen molar-refractivity contribution in [3.8, 4) is 0 Å². The number of carbonyl (C=O) groups is 1. The molecule has 0 saturated heterocycles. The number of carbonyl (C=O) groups excluding carboxylic acids is 1. The zero-order valence-electron chi connectivity index (χ0n) is 31.3. The smallest absolute Gasteiger partial charge is 0.387 e. The van der Waals surface area contributed by atoms with E-state index in [1.165, 1.54) is 96.3 Å². The van der Waals surface area contributed by atoms with Crippen LogP contribution < -0.4 is 5.32 Å². The summed E-state index contributed by atoms with van der Waals surface area (Å²) in [6.45, 7) is 4.65. The Morgan fingerprint density at radius 3 is 1.70 bits per heavy atom. The number of phosphoric acid groups is 1. The Hall–Kier alpha value is -1.02. The van der Waals surface area contributed by atoms with Gasteiger partial charge in [0.2, 0.25) is 5.91 Å². The minimum atomic E-state index is -4.32. The summed E-state index contributed by atoms with van der Waals surface area (Å²) in [5, 5.41) is 13.6. The molecule has 0 heterocycles. The number of hydrogen-bond acceptors (Lipinski definition) is 5. The molecule has 0 rings (SSSR count). The van der Waals surface area contributed by atoms with Gasteiger partial charge >= 0.3 is 7.82 Å². The molecule has 3 atom stereocenters. The highest BCUT2D eigenvalue weighted by Gasteiger charge is 2.27. The molecule has 3 unspecified atom stereocenters. The maximum absolute atomic E-state index is 12.5. The lowest BCUT2D eigenvalue weighted by atomic mass is 10.0. The Labute approximate surface area is 290 Å². The fourth-order valence-electron chi connectivity index (χ4n) is 5.29. The van der Waals surface area contributed by atoms with Crippen molar-refractivity contribution in [2.45, 2.75) is 174 Å². The number of phosphoric ester groups is 1. The van der Waals surface area contributed by atoms with E-state index < -0.39 is 20.0 Å². The SMILES string of the molecule is CCCCCCCCCCCCCCCCC/C=C/CC/C=C/C(O)C(COP(=O)(O)OCC[N+](C)(C)C)NC(=O)CCCCCC. The zero-order chi connectivity index (χ0) is 35.1. The predicted molar refractivity (Wildman–Crippen MR) is 198 cm³/mol. The minimum Gasteiger partial charge on any atom is -0.387 e. The van der Waals surface area contributed by atoms with Gasteiger partial charge in [-0.15, -0.1) is 0 Å². The summed E-state index contributed by atoms with van der Waals surface area (Å²) in [6.07, 6.45) is 34.5. The van der Waals surface area contributed by atoms with Gasteiger partial charge in [-0.05, 0) is 32.1 Å². The van der Waals surface area contributed by atoms with E-state index >= 15 is 0 Å². The van der Waals surface area contributed by atoms with Crippen LogP contribution in [0.3, 0.4) is 0 Å². The van der Waals surface area contributed by atoms with Crippen LogP contribution in [0.1, 0.15) is 162 Å². The second kappa shape index (κ2) is 31.0. The fourth-order valence-corrected chi connectivity index (χ4v) is 6.03. The highest BCUT2D eigenvalue weighted by molar-refractivity contribution is 7.47. The maximum atomic E-state index is 12.5. The normalized spacial score (nSPS) is 15.0. The number of nitrogens with one attached hydrogen (secondary N) is 1. The molecule has 0 radical (unpaired) electrons. The topological polar surface area (TPSA) is 105 Å². The number of unbranched alkanes of at least 4 members (excludes halogenated alkanes) is 19. The summed E-state index contributed by atoms with van der Waals surface area (Å²) >= 11 is 0. The first-order valence-corrected chi connectivity index (χ1v) is 20.7. The molecule has 0 aliphatic rings. The number of nitrogens with zero attached hydrogens (tertiary/aromatic N) is 1. The van der Waals surface area contributed by atoms with Gasteiger partial charge < -0.3 is 19.8 Å². The van der Waals surface area contributed by atoms with Gasteiger partial charge in [0.25, 0.3) is 0 Å².